The molecule has 0 bridgehead atoms. The molecule has 1 amide bonds. The summed E-state index contributed by atoms with van der Waals surface area (Å²) >= 11 is 6.08. The highest BCUT2D eigenvalue weighted by Crippen LogP contribution is 2.41. The fourth-order valence-corrected chi connectivity index (χ4v) is 3.56. The minimum absolute atomic E-state index is 0.0269. The first-order chi connectivity index (χ1) is 14.0. The fourth-order valence-electron chi connectivity index (χ4n) is 3.38. The van der Waals surface area contributed by atoms with E-state index in [0.717, 1.165) is 0 Å². The Morgan fingerprint density at radius 2 is 2.07 bits per heavy atom. The summed E-state index contributed by atoms with van der Waals surface area (Å²) in [4.78, 5) is 31.2. The maximum atomic E-state index is 12.9. The molecule has 0 saturated carbocycles. The lowest BCUT2D eigenvalue weighted by Gasteiger charge is -2.25. The standard InChI is InChI=1S/C21H21ClN2O5/c1-28-10-4-9-24-18(13-5-3-8-23-12-13)17(20(26)21(24)27)19(25)15-11-14(22)6-7-16(15)29-2/h3,5-8,11-12,18,25H,4,9-10H2,1-2H3/b19-17+. The molecule has 1 unspecified atom stereocenters. The van der Waals surface area contributed by atoms with Crippen LogP contribution in [0.4, 0.5) is 0 Å². The number of carbonyl (C=O) groups is 2. The van der Waals surface area contributed by atoms with Crippen LogP contribution in [0.1, 0.15) is 23.6 Å². The zero-order valence-electron chi connectivity index (χ0n) is 16.1. The molecule has 2 heterocycles. The van der Waals surface area contributed by atoms with Crippen molar-refractivity contribution in [2.45, 2.75) is 12.5 Å². The number of aliphatic hydroxyl groups is 1. The average Bonchev–Trinajstić information content (AvgIpc) is 2.99. The summed E-state index contributed by atoms with van der Waals surface area (Å²) in [6.45, 7) is 0.728. The lowest BCUT2D eigenvalue weighted by Crippen LogP contribution is -2.31. The van der Waals surface area contributed by atoms with Crippen LogP contribution in [0.15, 0.2) is 48.3 Å². The Labute approximate surface area is 173 Å². The number of halogens is 1. The number of aromatic nitrogens is 1. The molecule has 8 heteroatoms. The number of amides is 1. The van der Waals surface area contributed by atoms with Crippen molar-refractivity contribution in [3.8, 4) is 5.75 Å². The predicted molar refractivity (Wildman–Crippen MR) is 108 cm³/mol. The third-order valence-corrected chi connectivity index (χ3v) is 4.94. The molecule has 1 aliphatic rings. The molecule has 1 aromatic heterocycles. The number of benzene rings is 1. The Morgan fingerprint density at radius 1 is 1.28 bits per heavy atom. The maximum Gasteiger partial charge on any atom is 0.295 e. The number of ketones is 1. The second-order valence-electron chi connectivity index (χ2n) is 6.47. The lowest BCUT2D eigenvalue weighted by atomic mass is 9.96. The van der Waals surface area contributed by atoms with Crippen LogP contribution in [0.2, 0.25) is 5.02 Å². The zero-order valence-corrected chi connectivity index (χ0v) is 16.8. The molecule has 1 aliphatic heterocycles. The van der Waals surface area contributed by atoms with E-state index in [1.54, 1.807) is 43.8 Å². The van der Waals surface area contributed by atoms with Gasteiger partial charge in [0, 0.05) is 37.7 Å². The van der Waals surface area contributed by atoms with Gasteiger partial charge in [-0.05, 0) is 36.2 Å². The quantitative estimate of drug-likeness (QED) is 0.322. The number of hydrogen-bond donors (Lipinski definition) is 1. The summed E-state index contributed by atoms with van der Waals surface area (Å²) in [6, 6.07) is 7.39. The van der Waals surface area contributed by atoms with Crippen molar-refractivity contribution in [2.75, 3.05) is 27.4 Å². The number of carbonyl (C=O) groups excluding carboxylic acids is 2. The summed E-state index contributed by atoms with van der Waals surface area (Å²) in [5.74, 6) is -1.46. The van der Waals surface area contributed by atoms with E-state index in [0.29, 0.717) is 35.9 Å². The van der Waals surface area contributed by atoms with E-state index < -0.39 is 17.7 Å². The molecule has 0 radical (unpaired) electrons. The van der Waals surface area contributed by atoms with Gasteiger partial charge in [0.15, 0.2) is 0 Å². The number of likely N-dealkylation sites (tertiary alicyclic amines) is 1. The van der Waals surface area contributed by atoms with Crippen LogP contribution >= 0.6 is 11.6 Å². The molecule has 3 rings (SSSR count). The summed E-state index contributed by atoms with van der Waals surface area (Å²) in [7, 11) is 3.01. The Kier molecular flexibility index (Phi) is 6.51. The normalized spacial score (nSPS) is 18.3. The van der Waals surface area contributed by atoms with Crippen molar-refractivity contribution >= 4 is 29.1 Å². The number of methoxy groups -OCH3 is 2. The topological polar surface area (TPSA) is 89.0 Å². The van der Waals surface area contributed by atoms with Crippen molar-refractivity contribution in [1.29, 1.82) is 0 Å². The van der Waals surface area contributed by atoms with Gasteiger partial charge < -0.3 is 19.5 Å². The molecule has 152 valence electrons. The molecular formula is C21H21ClN2O5. The largest absolute Gasteiger partial charge is 0.507 e. The van der Waals surface area contributed by atoms with Crippen LogP contribution in [0, 0.1) is 0 Å². The average molecular weight is 417 g/mol. The number of rotatable bonds is 7. The third-order valence-electron chi connectivity index (χ3n) is 4.70. The van der Waals surface area contributed by atoms with Gasteiger partial charge in [0.1, 0.15) is 11.5 Å². The first kappa shape index (κ1) is 20.8. The van der Waals surface area contributed by atoms with E-state index in [4.69, 9.17) is 21.1 Å². The second kappa shape index (κ2) is 9.07. The van der Waals surface area contributed by atoms with Crippen LogP contribution in [0.25, 0.3) is 5.76 Å². The van der Waals surface area contributed by atoms with Gasteiger partial charge in [0.2, 0.25) is 0 Å². The number of ether oxygens (including phenoxy) is 2. The number of nitrogens with zero attached hydrogens (tertiary/aromatic N) is 2. The van der Waals surface area contributed by atoms with E-state index >= 15 is 0 Å². The van der Waals surface area contributed by atoms with Gasteiger partial charge in [0.25, 0.3) is 11.7 Å². The highest BCUT2D eigenvalue weighted by molar-refractivity contribution is 6.46. The monoisotopic (exact) mass is 416 g/mol. The minimum atomic E-state index is -0.774. The molecule has 1 atom stereocenters. The maximum absolute atomic E-state index is 12.9. The smallest absolute Gasteiger partial charge is 0.295 e. The molecule has 1 saturated heterocycles. The van der Waals surface area contributed by atoms with E-state index in [1.807, 2.05) is 0 Å². The molecule has 7 nitrogen and oxygen atoms in total. The van der Waals surface area contributed by atoms with E-state index in [9.17, 15) is 14.7 Å². The lowest BCUT2D eigenvalue weighted by molar-refractivity contribution is -0.140. The Hall–Kier alpha value is -2.90. The minimum Gasteiger partial charge on any atom is -0.507 e. The molecule has 2 aromatic rings. The first-order valence-corrected chi connectivity index (χ1v) is 9.38. The summed E-state index contributed by atoms with van der Waals surface area (Å²) in [5.41, 5.74) is 0.830. The Morgan fingerprint density at radius 3 is 2.72 bits per heavy atom. The van der Waals surface area contributed by atoms with Crippen molar-refractivity contribution in [3.63, 3.8) is 0 Å². The molecule has 1 aromatic carbocycles. The van der Waals surface area contributed by atoms with Gasteiger partial charge in [-0.25, -0.2) is 0 Å². The fraction of sp³-hybridized carbons (Fsp3) is 0.286. The van der Waals surface area contributed by atoms with E-state index in [1.165, 1.54) is 18.1 Å². The molecule has 1 fully saturated rings. The predicted octanol–water partition coefficient (Wildman–Crippen LogP) is 3.20. The SMILES string of the molecule is COCCCN1C(=O)C(=O)/C(=C(/O)c2cc(Cl)ccc2OC)C1c1cccnc1. The summed E-state index contributed by atoms with van der Waals surface area (Å²) < 4.78 is 10.4. The second-order valence-corrected chi connectivity index (χ2v) is 6.91. The molecule has 0 spiro atoms. The summed E-state index contributed by atoms with van der Waals surface area (Å²) in [6.07, 6.45) is 3.71. The van der Waals surface area contributed by atoms with Gasteiger partial charge >= 0.3 is 0 Å². The zero-order chi connectivity index (χ0) is 21.0. The van der Waals surface area contributed by atoms with Crippen molar-refractivity contribution in [1.82, 2.24) is 9.88 Å². The van der Waals surface area contributed by atoms with Gasteiger partial charge in [0.05, 0.1) is 24.3 Å². The van der Waals surface area contributed by atoms with Crippen LogP contribution < -0.4 is 4.74 Å². The number of pyridine rings is 1. The van der Waals surface area contributed by atoms with Crippen molar-refractivity contribution in [3.05, 3.63) is 64.4 Å². The van der Waals surface area contributed by atoms with Crippen molar-refractivity contribution in [2.24, 2.45) is 0 Å². The number of aliphatic hydroxyl groups excluding tert-OH is 1. The van der Waals surface area contributed by atoms with Crippen molar-refractivity contribution < 1.29 is 24.2 Å². The van der Waals surface area contributed by atoms with E-state index in [2.05, 4.69) is 4.98 Å². The van der Waals surface area contributed by atoms with Crippen LogP contribution in [-0.4, -0.2) is 54.1 Å². The molecular weight excluding hydrogens is 396 g/mol. The van der Waals surface area contributed by atoms with Gasteiger partial charge in [-0.2, -0.15) is 0 Å². The van der Waals surface area contributed by atoms with Crippen LogP contribution in [0.3, 0.4) is 0 Å². The number of Topliss-reactive ketones (excluding diaryl/α,β-unsaturated/α-hetero) is 1. The Bertz CT molecular complexity index is 945. The highest BCUT2D eigenvalue weighted by atomic mass is 35.5. The van der Waals surface area contributed by atoms with Gasteiger partial charge in [-0.1, -0.05) is 17.7 Å². The van der Waals surface area contributed by atoms with E-state index in [-0.39, 0.29) is 16.9 Å². The molecule has 29 heavy (non-hydrogen) atoms. The van der Waals surface area contributed by atoms with Gasteiger partial charge in [-0.3, -0.25) is 14.6 Å². The first-order valence-electron chi connectivity index (χ1n) is 9.00. The molecule has 1 N–H and O–H groups in total. The Balaban J connectivity index is 2.16. The summed E-state index contributed by atoms with van der Waals surface area (Å²) in [5, 5.41) is 11.4. The van der Waals surface area contributed by atoms with Crippen LogP contribution in [0.5, 0.6) is 5.75 Å². The number of hydrogen-bond acceptors (Lipinski definition) is 6. The van der Waals surface area contributed by atoms with Gasteiger partial charge in [-0.15, -0.1) is 0 Å². The third kappa shape index (κ3) is 4.11. The van der Waals surface area contributed by atoms with Crippen LogP contribution in [-0.2, 0) is 14.3 Å². The highest BCUT2D eigenvalue weighted by Gasteiger charge is 2.46. The molecule has 0 aliphatic carbocycles.